The fourth-order valence-corrected chi connectivity index (χ4v) is 6.45. The molecule has 0 aliphatic heterocycles. The first-order valence-corrected chi connectivity index (χ1v) is 14.0. The zero-order valence-corrected chi connectivity index (χ0v) is 20.6. The second-order valence-corrected chi connectivity index (χ2v) is 11.3. The molecule has 0 saturated carbocycles. The first-order valence-electron chi connectivity index (χ1n) is 10.1. The molecule has 0 N–H and O–H groups in total. The maximum atomic E-state index is 12.4. The average molecular weight is 524 g/mol. The molecule has 3 aromatic carbocycles. The summed E-state index contributed by atoms with van der Waals surface area (Å²) in [6.45, 7) is 1.69. The van der Waals surface area contributed by atoms with Crippen LogP contribution < -0.4 is 8.92 Å². The summed E-state index contributed by atoms with van der Waals surface area (Å²) in [4.78, 5) is 14.5. The molecule has 30 heavy (non-hydrogen) atoms. The molecule has 0 amide bonds. The molecule has 0 aliphatic carbocycles. The molecule has 0 bridgehead atoms. The zero-order valence-electron chi connectivity index (χ0n) is 17.2. The molecule has 0 radical (unpaired) electrons. The Labute approximate surface area is 192 Å². The van der Waals surface area contributed by atoms with E-state index in [2.05, 4.69) is 89.9 Å². The van der Waals surface area contributed by atoms with E-state index in [4.69, 9.17) is 0 Å². The summed E-state index contributed by atoms with van der Waals surface area (Å²) in [5, 5.41) is 1.17. The van der Waals surface area contributed by atoms with E-state index in [1.54, 1.807) is 6.92 Å². The van der Waals surface area contributed by atoms with Crippen LogP contribution >= 0.6 is 0 Å². The minimum atomic E-state index is 0.167. The van der Waals surface area contributed by atoms with E-state index >= 15 is 0 Å². The van der Waals surface area contributed by atoms with Crippen molar-refractivity contribution in [2.75, 3.05) is 0 Å². The van der Waals surface area contributed by atoms with Crippen molar-refractivity contribution in [2.24, 2.45) is 0 Å². The number of carbonyl (C=O) groups excluding carboxylic acids is 1. The van der Waals surface area contributed by atoms with Crippen molar-refractivity contribution >= 4 is 50.2 Å². The Kier molecular flexibility index (Phi) is 9.41. The number of allylic oxidation sites excluding steroid dienone is 3. The monoisotopic (exact) mass is 526 g/mol. The number of hydrogen-bond donors (Lipinski definition) is 0. The van der Waals surface area contributed by atoms with Crippen LogP contribution in [0.4, 0.5) is 0 Å². The van der Waals surface area contributed by atoms with Crippen LogP contribution in [0.25, 0.3) is 5.57 Å². The van der Waals surface area contributed by atoms with Gasteiger partial charge in [0.15, 0.2) is 0 Å². The SMILES string of the molecule is CC(=O)/C(=C\[Se]c1ccccc1)C/C(=C\CC[Se]c1ccccc1)c1ccccc1. The van der Waals surface area contributed by atoms with E-state index in [9.17, 15) is 4.79 Å². The molecule has 0 fully saturated rings. The Morgan fingerprint density at radius 2 is 1.37 bits per heavy atom. The van der Waals surface area contributed by atoms with Crippen LogP contribution in [0.1, 0.15) is 25.3 Å². The van der Waals surface area contributed by atoms with Crippen molar-refractivity contribution in [3.05, 3.63) is 113 Å². The number of ketones is 1. The van der Waals surface area contributed by atoms with Gasteiger partial charge in [-0.05, 0) is 0 Å². The summed E-state index contributed by atoms with van der Waals surface area (Å²) in [6, 6.07) is 31.6. The zero-order chi connectivity index (χ0) is 21.0. The first-order chi connectivity index (χ1) is 14.7. The summed E-state index contributed by atoms with van der Waals surface area (Å²) in [6.07, 6.45) is 4.08. The van der Waals surface area contributed by atoms with Crippen molar-refractivity contribution in [2.45, 2.75) is 25.1 Å². The number of hydrogen-bond acceptors (Lipinski definition) is 1. The van der Waals surface area contributed by atoms with Gasteiger partial charge in [-0.2, -0.15) is 0 Å². The van der Waals surface area contributed by atoms with Crippen LogP contribution in [0.15, 0.2) is 108 Å². The minimum absolute atomic E-state index is 0.167. The molecule has 0 atom stereocenters. The summed E-state index contributed by atoms with van der Waals surface area (Å²) in [7, 11) is 0. The normalized spacial score (nSPS) is 12.0. The van der Waals surface area contributed by atoms with Gasteiger partial charge in [-0.15, -0.1) is 0 Å². The Hall–Kier alpha value is -2.15. The molecule has 3 aromatic rings. The van der Waals surface area contributed by atoms with E-state index in [0.717, 1.165) is 12.0 Å². The number of benzene rings is 3. The van der Waals surface area contributed by atoms with E-state index in [1.807, 2.05) is 12.1 Å². The van der Waals surface area contributed by atoms with Gasteiger partial charge in [-0.3, -0.25) is 0 Å². The van der Waals surface area contributed by atoms with Crippen LogP contribution in [-0.2, 0) is 4.79 Å². The number of Topliss-reactive ketones (excluding diaryl/α,β-unsaturated/α-hetero) is 1. The summed E-state index contributed by atoms with van der Waals surface area (Å²) < 4.78 is 2.73. The van der Waals surface area contributed by atoms with Gasteiger partial charge in [-0.1, -0.05) is 0 Å². The van der Waals surface area contributed by atoms with Gasteiger partial charge >= 0.3 is 193 Å². The topological polar surface area (TPSA) is 17.1 Å². The Morgan fingerprint density at radius 1 is 0.800 bits per heavy atom. The standard InChI is InChI=1S/C27H26OSe2/c1-22(28)25(21-30-27-17-9-4-10-18-27)20-24(23-12-5-2-6-13-23)14-11-19-29-26-15-7-3-8-16-26/h2-10,12-18,21H,11,19-20H2,1H3/b24-14+,25-21-. The van der Waals surface area contributed by atoms with Crippen LogP contribution in [0, 0.1) is 0 Å². The summed E-state index contributed by atoms with van der Waals surface area (Å²) in [5.74, 6) is 0.170. The van der Waals surface area contributed by atoms with Crippen molar-refractivity contribution in [3.63, 3.8) is 0 Å². The molecule has 0 heterocycles. The summed E-state index contributed by atoms with van der Waals surface area (Å²) in [5.41, 5.74) is 3.39. The number of rotatable bonds is 10. The molecule has 0 aromatic heterocycles. The molecule has 0 saturated heterocycles. The number of carbonyl (C=O) groups is 1. The Balaban J connectivity index is 1.72. The van der Waals surface area contributed by atoms with E-state index in [-0.39, 0.29) is 20.7 Å². The van der Waals surface area contributed by atoms with Crippen LogP contribution in [-0.4, -0.2) is 35.7 Å². The molecule has 3 heteroatoms. The fourth-order valence-electron chi connectivity index (χ4n) is 2.96. The molecule has 152 valence electrons. The third-order valence-corrected chi connectivity index (χ3v) is 8.76. The predicted octanol–water partition coefficient (Wildman–Crippen LogP) is 4.80. The molecule has 1 nitrogen and oxygen atoms in total. The van der Waals surface area contributed by atoms with Gasteiger partial charge in [0.25, 0.3) is 0 Å². The second-order valence-electron chi connectivity index (χ2n) is 6.85. The van der Waals surface area contributed by atoms with Crippen molar-refractivity contribution in [3.8, 4) is 0 Å². The third-order valence-electron chi connectivity index (χ3n) is 4.58. The van der Waals surface area contributed by atoms with E-state index < -0.39 is 0 Å². The van der Waals surface area contributed by atoms with Gasteiger partial charge < -0.3 is 0 Å². The van der Waals surface area contributed by atoms with Gasteiger partial charge in [0.2, 0.25) is 0 Å². The predicted molar refractivity (Wildman–Crippen MR) is 131 cm³/mol. The van der Waals surface area contributed by atoms with E-state index in [1.165, 1.54) is 25.4 Å². The fraction of sp³-hybridized carbons (Fsp3) is 0.148. The van der Waals surface area contributed by atoms with Crippen molar-refractivity contribution < 1.29 is 4.79 Å². The van der Waals surface area contributed by atoms with Crippen LogP contribution in [0.3, 0.4) is 0 Å². The van der Waals surface area contributed by atoms with Crippen molar-refractivity contribution in [1.82, 2.24) is 0 Å². The molecule has 3 rings (SSSR count). The maximum absolute atomic E-state index is 12.4. The van der Waals surface area contributed by atoms with Crippen LogP contribution in [0.2, 0.25) is 5.32 Å². The Bertz CT molecular complexity index is 977. The third kappa shape index (κ3) is 7.59. The van der Waals surface area contributed by atoms with Gasteiger partial charge in [0, 0.05) is 0 Å². The Morgan fingerprint density at radius 3 is 1.97 bits per heavy atom. The van der Waals surface area contributed by atoms with Gasteiger partial charge in [0.05, 0.1) is 0 Å². The molecular formula is C27H26OSe2. The summed E-state index contributed by atoms with van der Waals surface area (Å²) >= 11 is 0.649. The first kappa shape index (κ1) is 22.5. The van der Waals surface area contributed by atoms with Crippen LogP contribution in [0.5, 0.6) is 0 Å². The molecule has 0 spiro atoms. The molecular weight excluding hydrogens is 498 g/mol. The molecule has 0 unspecified atom stereocenters. The second kappa shape index (κ2) is 12.5. The van der Waals surface area contributed by atoms with Gasteiger partial charge in [0.1, 0.15) is 0 Å². The van der Waals surface area contributed by atoms with E-state index in [0.29, 0.717) is 21.4 Å². The van der Waals surface area contributed by atoms with Gasteiger partial charge in [-0.25, -0.2) is 0 Å². The van der Waals surface area contributed by atoms with Crippen molar-refractivity contribution in [1.29, 1.82) is 0 Å². The molecule has 0 aliphatic rings. The average Bonchev–Trinajstić information content (AvgIpc) is 2.79. The quantitative estimate of drug-likeness (QED) is 0.212.